The monoisotopic (exact) mass is 477 g/mol. The largest absolute Gasteiger partial charge is 0.390 e. The minimum absolute atomic E-state index is 0.00388. The molecule has 3 rings (SSSR count). The summed E-state index contributed by atoms with van der Waals surface area (Å²) in [5.74, 6) is 0. The Hall–Kier alpha value is -3.16. The van der Waals surface area contributed by atoms with Gasteiger partial charge in [-0.1, -0.05) is 50.3 Å². The summed E-state index contributed by atoms with van der Waals surface area (Å²) >= 11 is 0. The molecule has 2 N–H and O–H groups in total. The minimum atomic E-state index is -0.533. The molecule has 1 heterocycles. The number of benzene rings is 2. The van der Waals surface area contributed by atoms with Crippen molar-refractivity contribution in [2.45, 2.75) is 53.8 Å². The molecule has 0 saturated heterocycles. The van der Waals surface area contributed by atoms with Crippen LogP contribution in [0.4, 0.5) is 0 Å². The summed E-state index contributed by atoms with van der Waals surface area (Å²) in [6.45, 7) is 18.5. The molecular formula is C28H39N5O2. The number of aryl methyl sites for hydroxylation is 3. The topological polar surface area (TPSA) is 74.8 Å². The standard InChI is InChI=1S/C28H39N5O2/c1-7-31(8-2)19-24(34)18-29-30-27(23-13-11-12-20(5)16-23)21(6)22-14-15-25-26(17-22)33(10-4)28(35)32(25)9-3/h11-17,24,29,34H,6-10,18-19H2,1-5H3/b30-27+. The number of allylic oxidation sites excluding steroid dienone is 1. The first-order valence-electron chi connectivity index (χ1n) is 12.5. The lowest BCUT2D eigenvalue weighted by Gasteiger charge is -2.21. The van der Waals surface area contributed by atoms with Crippen LogP contribution in [0.5, 0.6) is 0 Å². The van der Waals surface area contributed by atoms with E-state index < -0.39 is 6.10 Å². The Morgan fingerprint density at radius 3 is 2.34 bits per heavy atom. The molecule has 0 amide bonds. The molecule has 35 heavy (non-hydrogen) atoms. The summed E-state index contributed by atoms with van der Waals surface area (Å²) in [5.41, 5.74) is 9.33. The van der Waals surface area contributed by atoms with E-state index >= 15 is 0 Å². The number of nitrogens with one attached hydrogen (secondary N) is 1. The third kappa shape index (κ3) is 5.92. The summed E-state index contributed by atoms with van der Waals surface area (Å²) in [7, 11) is 0. The fourth-order valence-corrected chi connectivity index (χ4v) is 4.43. The van der Waals surface area contributed by atoms with Crippen molar-refractivity contribution >= 4 is 22.3 Å². The smallest absolute Gasteiger partial charge is 0.329 e. The maximum Gasteiger partial charge on any atom is 0.329 e. The molecule has 7 nitrogen and oxygen atoms in total. The van der Waals surface area contributed by atoms with Gasteiger partial charge in [0.25, 0.3) is 0 Å². The van der Waals surface area contributed by atoms with Crippen molar-refractivity contribution in [2.75, 3.05) is 26.2 Å². The first-order chi connectivity index (χ1) is 16.8. The zero-order valence-corrected chi connectivity index (χ0v) is 21.7. The van der Waals surface area contributed by atoms with Crippen LogP contribution < -0.4 is 11.1 Å². The van der Waals surface area contributed by atoms with Gasteiger partial charge in [0.2, 0.25) is 0 Å². The molecule has 0 bridgehead atoms. The van der Waals surface area contributed by atoms with Crippen LogP contribution in [-0.2, 0) is 13.1 Å². The number of hydrazone groups is 1. The Bertz CT molecular complexity index is 1250. The number of imidazole rings is 1. The highest BCUT2D eigenvalue weighted by atomic mass is 16.3. The summed E-state index contributed by atoms with van der Waals surface area (Å²) in [5, 5.41) is 15.1. The highest BCUT2D eigenvalue weighted by molar-refractivity contribution is 6.31. The van der Waals surface area contributed by atoms with Crippen molar-refractivity contribution in [3.05, 3.63) is 76.2 Å². The number of hydrogen-bond donors (Lipinski definition) is 2. The van der Waals surface area contributed by atoms with E-state index in [4.69, 9.17) is 0 Å². The van der Waals surface area contributed by atoms with Crippen LogP contribution in [0.25, 0.3) is 16.6 Å². The van der Waals surface area contributed by atoms with Crippen LogP contribution in [0.2, 0.25) is 0 Å². The molecule has 0 aliphatic carbocycles. The number of nitrogens with zero attached hydrogens (tertiary/aromatic N) is 4. The van der Waals surface area contributed by atoms with Crippen molar-refractivity contribution in [3.63, 3.8) is 0 Å². The van der Waals surface area contributed by atoms with Crippen molar-refractivity contribution in [1.82, 2.24) is 19.5 Å². The molecule has 0 aliphatic heterocycles. The Labute approximate surface area is 208 Å². The van der Waals surface area contributed by atoms with Gasteiger partial charge in [-0.3, -0.25) is 9.13 Å². The second-order valence-electron chi connectivity index (χ2n) is 8.78. The second-order valence-corrected chi connectivity index (χ2v) is 8.78. The Kier molecular flexibility index (Phi) is 9.07. The van der Waals surface area contributed by atoms with Crippen LogP contribution in [0, 0.1) is 6.92 Å². The Morgan fingerprint density at radius 1 is 1.03 bits per heavy atom. The summed E-state index contributed by atoms with van der Waals surface area (Å²) < 4.78 is 3.58. The van der Waals surface area contributed by atoms with Crippen molar-refractivity contribution in [1.29, 1.82) is 0 Å². The van der Waals surface area contributed by atoms with Gasteiger partial charge >= 0.3 is 5.69 Å². The molecule has 1 unspecified atom stereocenters. The molecule has 188 valence electrons. The zero-order chi connectivity index (χ0) is 25.5. The molecule has 3 aromatic rings. The molecule has 0 aliphatic rings. The fourth-order valence-electron chi connectivity index (χ4n) is 4.43. The predicted molar refractivity (Wildman–Crippen MR) is 146 cm³/mol. The van der Waals surface area contributed by atoms with E-state index in [1.807, 2.05) is 57.2 Å². The van der Waals surface area contributed by atoms with Crippen LogP contribution >= 0.6 is 0 Å². The number of likely N-dealkylation sites (N-methyl/N-ethyl adjacent to an activating group) is 1. The molecule has 1 aromatic heterocycles. The maximum atomic E-state index is 12.8. The van der Waals surface area contributed by atoms with E-state index in [0.29, 0.717) is 31.9 Å². The molecule has 0 fully saturated rings. The Morgan fingerprint density at radius 2 is 1.71 bits per heavy atom. The van der Waals surface area contributed by atoms with Crippen LogP contribution in [0.1, 0.15) is 44.4 Å². The second kappa shape index (κ2) is 12.0. The highest BCUT2D eigenvalue weighted by Gasteiger charge is 2.16. The maximum absolute atomic E-state index is 12.8. The van der Waals surface area contributed by atoms with Crippen LogP contribution in [0.3, 0.4) is 0 Å². The minimum Gasteiger partial charge on any atom is -0.390 e. The van der Waals surface area contributed by atoms with Gasteiger partial charge in [0.15, 0.2) is 0 Å². The number of fused-ring (bicyclic) bond motifs is 1. The average Bonchev–Trinajstić information content (AvgIpc) is 3.14. The van der Waals surface area contributed by atoms with Gasteiger partial charge in [-0.05, 0) is 57.6 Å². The van der Waals surface area contributed by atoms with Gasteiger partial charge in [-0.25, -0.2) is 4.79 Å². The van der Waals surface area contributed by atoms with Crippen molar-refractivity contribution in [2.24, 2.45) is 5.10 Å². The lowest BCUT2D eigenvalue weighted by Crippen LogP contribution is -2.37. The van der Waals surface area contributed by atoms with Gasteiger partial charge in [0, 0.05) is 30.8 Å². The summed E-state index contributed by atoms with van der Waals surface area (Å²) in [6, 6.07) is 14.1. The Balaban J connectivity index is 1.96. The van der Waals surface area contributed by atoms with Gasteiger partial charge in [0.05, 0.1) is 29.4 Å². The number of aromatic nitrogens is 2. The first-order valence-corrected chi connectivity index (χ1v) is 12.5. The van der Waals surface area contributed by atoms with Crippen LogP contribution in [-0.4, -0.2) is 57.1 Å². The molecule has 1 atom stereocenters. The molecular weight excluding hydrogens is 438 g/mol. The molecule has 7 heteroatoms. The lowest BCUT2D eigenvalue weighted by atomic mass is 9.96. The highest BCUT2D eigenvalue weighted by Crippen LogP contribution is 2.24. The van der Waals surface area contributed by atoms with Crippen LogP contribution in [0.15, 0.2) is 58.9 Å². The number of aliphatic hydroxyl groups excluding tert-OH is 1. The zero-order valence-electron chi connectivity index (χ0n) is 21.7. The molecule has 2 aromatic carbocycles. The van der Waals surface area contributed by atoms with Crippen molar-refractivity contribution in [3.8, 4) is 0 Å². The quantitative estimate of drug-likeness (QED) is 0.307. The van der Waals surface area contributed by atoms with E-state index in [0.717, 1.165) is 46.4 Å². The third-order valence-electron chi connectivity index (χ3n) is 6.46. The lowest BCUT2D eigenvalue weighted by molar-refractivity contribution is 0.117. The number of aliphatic hydroxyl groups is 1. The summed E-state index contributed by atoms with van der Waals surface area (Å²) in [6.07, 6.45) is -0.533. The van der Waals surface area contributed by atoms with Gasteiger partial charge in [0.1, 0.15) is 0 Å². The van der Waals surface area contributed by atoms with E-state index in [1.165, 1.54) is 0 Å². The average molecular weight is 478 g/mol. The van der Waals surface area contributed by atoms with E-state index in [1.54, 1.807) is 9.13 Å². The fraction of sp³-hybridized carbons (Fsp3) is 0.429. The van der Waals surface area contributed by atoms with Gasteiger partial charge < -0.3 is 15.4 Å². The van der Waals surface area contributed by atoms with E-state index in [-0.39, 0.29) is 5.69 Å². The SMILES string of the molecule is C=C(/C(=N\NCC(O)CN(CC)CC)c1cccc(C)c1)c1ccc2c(c1)n(CC)c(=O)n2CC. The molecule has 0 saturated carbocycles. The number of rotatable bonds is 12. The molecule has 0 spiro atoms. The van der Waals surface area contributed by atoms with Gasteiger partial charge in [-0.2, -0.15) is 5.10 Å². The van der Waals surface area contributed by atoms with Crippen molar-refractivity contribution < 1.29 is 5.11 Å². The third-order valence-corrected chi connectivity index (χ3v) is 6.46. The molecule has 0 radical (unpaired) electrons. The predicted octanol–water partition coefficient (Wildman–Crippen LogP) is 3.86. The van der Waals surface area contributed by atoms with E-state index in [9.17, 15) is 9.90 Å². The van der Waals surface area contributed by atoms with Gasteiger partial charge in [-0.15, -0.1) is 0 Å². The van der Waals surface area contributed by atoms with E-state index in [2.05, 4.69) is 41.9 Å². The number of hydrogen-bond acceptors (Lipinski definition) is 5. The summed E-state index contributed by atoms with van der Waals surface area (Å²) in [4.78, 5) is 15.0. The first kappa shape index (κ1) is 26.4. The normalized spacial score (nSPS) is 12.9.